The number of anilines is 1. The number of ether oxygens (including phenoxy) is 5. The standard InChI is InChI=1S/C81H102N8O26S4/c1-80(2)61-47-59(118(105,106)107)24-26-65(61)87(33-7-9-41-116(99,100)101)69(80)28-19-52-13-11-14-53(20-29-70-81(3,4)62-48-60(119(108,109)110)25-27-66(62)88(70)34-8-10-42-117(102,103)104)74(52)115-57-21-16-51(17-22-57)43-64(79(97)98)84-71(90)31-37-113-39-40-114-38-32-82-75(93)55-30-36-86(50-55)72(91)45-56-44-63(85-76(56)94)78(96)89-35-12-15-67(89)73(92)77(95)83-49-54-18-23-58(111-5)46-68(54)112-6/h16-29,46-48,55-56,63-64,67H,7-15,30-45,49-50H2,1-6H3,(H8-,82,83,84,85,90,93,94,95,97,98,99,100,101,102,103,104,105,106,107,108,109,110)/t55?,56-,63-,64-,67-/m0/s1. The van der Waals surface area contributed by atoms with Gasteiger partial charge in [0, 0.05) is 123 Å². The van der Waals surface area contributed by atoms with Crippen molar-refractivity contribution in [1.82, 2.24) is 31.1 Å². The quantitative estimate of drug-likeness (QED) is 0.0118. The molecule has 1 aliphatic carbocycles. The van der Waals surface area contributed by atoms with Crippen LogP contribution in [-0.2, 0) is 112 Å². The number of nitrogens with zero attached hydrogens (tertiary/aromatic N) is 4. The Morgan fingerprint density at radius 1 is 0.731 bits per heavy atom. The van der Waals surface area contributed by atoms with Crippen LogP contribution in [0.1, 0.15) is 133 Å². The molecule has 1 unspecified atom stereocenters. The normalized spacial score (nSPS) is 20.1. The van der Waals surface area contributed by atoms with E-state index >= 15 is 0 Å². The number of Topliss-reactive ketones (excluding diaryl/α,β-unsaturated/α-hetero) is 1. The fraction of sp³-hybridized carbons (Fsp3) is 0.494. The summed E-state index contributed by atoms with van der Waals surface area (Å²) in [6, 6.07) is 16.6. The number of amides is 6. The molecule has 0 spiro atoms. The Kier molecular flexibility index (Phi) is 30.1. The molecule has 4 aromatic rings. The number of allylic oxidation sites excluding steroid dienone is 7. The van der Waals surface area contributed by atoms with Gasteiger partial charge in [0.05, 0.1) is 77.6 Å². The number of likely N-dealkylation sites (tertiary alicyclic amines) is 2. The molecular formula is C81H102N8O26S4. The van der Waals surface area contributed by atoms with E-state index in [9.17, 15) is 95.3 Å². The molecule has 0 saturated carbocycles. The Morgan fingerprint density at radius 2 is 1.42 bits per heavy atom. The molecular weight excluding hydrogens is 1630 g/mol. The molecule has 6 aliphatic rings. The molecule has 0 radical (unpaired) electrons. The van der Waals surface area contributed by atoms with Crippen molar-refractivity contribution in [3.05, 3.63) is 148 Å². The van der Waals surface area contributed by atoms with E-state index in [0.29, 0.717) is 111 Å². The first-order valence-electron chi connectivity index (χ1n) is 39.2. The van der Waals surface area contributed by atoms with Gasteiger partial charge in [0.15, 0.2) is 5.71 Å². The summed E-state index contributed by atoms with van der Waals surface area (Å²) in [6.45, 7) is 8.77. The van der Waals surface area contributed by atoms with Crippen LogP contribution in [0.15, 0.2) is 136 Å². The number of unbranched alkanes of at least 4 members (excludes halogenated alkanes) is 2. The van der Waals surface area contributed by atoms with E-state index in [1.54, 1.807) is 54.6 Å². The van der Waals surface area contributed by atoms with Gasteiger partial charge in [-0.15, -0.1) is 0 Å². The van der Waals surface area contributed by atoms with E-state index in [1.165, 1.54) is 48.3 Å². The number of carboxylic acid groups (broad SMARTS) is 1. The first-order valence-corrected chi connectivity index (χ1v) is 45.2. The van der Waals surface area contributed by atoms with E-state index < -0.39 is 128 Å². The van der Waals surface area contributed by atoms with Crippen LogP contribution in [0.3, 0.4) is 0 Å². The maximum atomic E-state index is 13.8. The molecule has 0 aromatic heterocycles. The minimum Gasteiger partial charge on any atom is -0.748 e. The molecule has 5 heterocycles. The van der Waals surface area contributed by atoms with Gasteiger partial charge in [-0.1, -0.05) is 32.1 Å². The van der Waals surface area contributed by atoms with Crippen molar-refractivity contribution in [2.24, 2.45) is 11.8 Å². The van der Waals surface area contributed by atoms with Crippen LogP contribution in [0.5, 0.6) is 17.2 Å². The molecule has 38 heteroatoms. The number of methoxy groups -OCH3 is 2. The second-order valence-electron chi connectivity index (χ2n) is 31.1. The monoisotopic (exact) mass is 1730 g/mol. The van der Waals surface area contributed by atoms with Gasteiger partial charge >= 0.3 is 5.97 Å². The van der Waals surface area contributed by atoms with Crippen molar-refractivity contribution in [1.29, 1.82) is 0 Å². The number of hydrogen-bond donors (Lipinski definition) is 8. The molecule has 3 saturated heterocycles. The average Bonchev–Trinajstić information content (AvgIpc) is 1.59. The first-order chi connectivity index (χ1) is 56.1. The van der Waals surface area contributed by atoms with Gasteiger partial charge in [0.25, 0.3) is 36.3 Å². The Bertz CT molecular complexity index is 5200. The topological polar surface area (TPSA) is 484 Å². The van der Waals surface area contributed by atoms with Gasteiger partial charge < -0.3 is 69.3 Å². The van der Waals surface area contributed by atoms with Crippen LogP contribution < -0.4 is 40.4 Å². The number of ketones is 1. The lowest BCUT2D eigenvalue weighted by Gasteiger charge is -2.28. The molecule has 5 aliphatic heterocycles. The lowest BCUT2D eigenvalue weighted by molar-refractivity contribution is -0.438. The van der Waals surface area contributed by atoms with Crippen LogP contribution in [0.2, 0.25) is 0 Å². The van der Waals surface area contributed by atoms with Crippen molar-refractivity contribution in [2.75, 3.05) is 96.3 Å². The second-order valence-corrected chi connectivity index (χ2v) is 37.0. The third-order valence-electron chi connectivity index (χ3n) is 22.2. The van der Waals surface area contributed by atoms with Crippen LogP contribution in [0.4, 0.5) is 11.4 Å². The summed E-state index contributed by atoms with van der Waals surface area (Å²) in [5, 5.41) is 20.9. The maximum absolute atomic E-state index is 13.8. The zero-order chi connectivity index (χ0) is 86.5. The fourth-order valence-corrected chi connectivity index (χ4v) is 18.0. The molecule has 6 amide bonds. The van der Waals surface area contributed by atoms with Crippen molar-refractivity contribution >= 4 is 105 Å². The van der Waals surface area contributed by atoms with Gasteiger partial charge in [0.2, 0.25) is 41.0 Å². The molecule has 10 rings (SSSR count). The summed E-state index contributed by atoms with van der Waals surface area (Å²) < 4.78 is 169. The Balaban J connectivity index is 0.715. The lowest BCUT2D eigenvalue weighted by Crippen LogP contribution is -2.51. The van der Waals surface area contributed by atoms with Crippen LogP contribution in [0, 0.1) is 11.8 Å². The first kappa shape index (κ1) is 91.5. The van der Waals surface area contributed by atoms with Gasteiger partial charge in [0.1, 0.15) is 47.7 Å². The highest BCUT2D eigenvalue weighted by molar-refractivity contribution is 7.86. The van der Waals surface area contributed by atoms with E-state index in [1.807, 2.05) is 61.5 Å². The number of rotatable bonds is 40. The van der Waals surface area contributed by atoms with Gasteiger partial charge in [-0.2, -0.15) is 29.8 Å². The average molecular weight is 1730 g/mol. The molecule has 4 aromatic carbocycles. The molecule has 8 N–H and O–H groups in total. The van der Waals surface area contributed by atoms with Gasteiger partial charge in [-0.3, -0.25) is 47.2 Å². The number of nitrogens with one attached hydrogen (secondary N) is 4. The van der Waals surface area contributed by atoms with Crippen LogP contribution in [-0.4, -0.2) is 234 Å². The van der Waals surface area contributed by atoms with Crippen LogP contribution >= 0.6 is 0 Å². The van der Waals surface area contributed by atoms with Crippen molar-refractivity contribution in [3.63, 3.8) is 0 Å². The predicted octanol–water partition coefficient (Wildman–Crippen LogP) is 5.52. The lowest BCUT2D eigenvalue weighted by atomic mass is 9.81. The van der Waals surface area contributed by atoms with E-state index in [0.717, 1.165) is 0 Å². The number of carboxylic acids is 1. The molecule has 5 atom stereocenters. The molecule has 34 nitrogen and oxygen atoms in total. The number of benzene rings is 4. The fourth-order valence-electron chi connectivity index (χ4n) is 15.9. The summed E-state index contributed by atoms with van der Waals surface area (Å²) >= 11 is 0. The molecule has 0 bridgehead atoms. The zero-order valence-corrected chi connectivity index (χ0v) is 70.3. The predicted molar refractivity (Wildman–Crippen MR) is 431 cm³/mol. The molecule has 3 fully saturated rings. The van der Waals surface area contributed by atoms with E-state index in [-0.39, 0.29) is 152 Å². The summed E-state index contributed by atoms with van der Waals surface area (Å²) in [5.41, 5.74) is 4.17. The summed E-state index contributed by atoms with van der Waals surface area (Å²) in [7, 11) is -15.2. The summed E-state index contributed by atoms with van der Waals surface area (Å²) in [5.74, 6) is -6.02. The second kappa shape index (κ2) is 39.2. The minimum absolute atomic E-state index is 0.00579. The number of carbonyl (C=O) groups excluding carboxylic acids is 7. The van der Waals surface area contributed by atoms with Gasteiger partial charge in [-0.05, 0) is 167 Å². The summed E-state index contributed by atoms with van der Waals surface area (Å²) in [6.07, 6.45) is 10.1. The molecule has 646 valence electrons. The summed E-state index contributed by atoms with van der Waals surface area (Å²) in [4.78, 5) is 110. The van der Waals surface area contributed by atoms with Crippen LogP contribution in [0.25, 0.3) is 0 Å². The Hall–Kier alpha value is -9.77. The Morgan fingerprint density at radius 3 is 2.10 bits per heavy atom. The number of aliphatic carboxylic acids is 1. The van der Waals surface area contributed by atoms with E-state index in [4.69, 9.17) is 23.7 Å². The SMILES string of the molecule is COc1ccc(CNC(=O)C(=O)[C@@H]2CCCN2C(=O)[C@@H]2C[C@@H](CC(=O)N3CCC(C(=O)NCCOCCOCCC(=O)N[C@@H](Cc4ccc(OC5=C(/C=C/C6=[N+](CCCCS(=O)(=O)O)c7ccc(S(=O)(=O)O)cc7C6(C)C)CCC/C5=C\C=C5\N(CCCCS(=O)(=O)[O-])c6ccc(S(=O)(=O)O)cc6C5(C)C)cc4)C(=O)O)C3)C(=O)N2)c(OC)c1. The van der Waals surface area contributed by atoms with Crippen molar-refractivity contribution < 1.29 is 124 Å². The number of fused-ring (bicyclic) bond motifs is 2. The van der Waals surface area contributed by atoms with Crippen molar-refractivity contribution in [2.45, 2.75) is 163 Å². The zero-order valence-electron chi connectivity index (χ0n) is 67.0. The maximum Gasteiger partial charge on any atom is 0.326 e. The third-order valence-corrected chi connectivity index (χ3v) is 25.5. The highest BCUT2D eigenvalue weighted by atomic mass is 32.2. The number of carbonyl (C=O) groups is 8. The van der Waals surface area contributed by atoms with Crippen molar-refractivity contribution in [3.8, 4) is 17.2 Å². The third kappa shape index (κ3) is 23.7. The van der Waals surface area contributed by atoms with Gasteiger partial charge in [-0.25, -0.2) is 13.2 Å². The Labute approximate surface area is 691 Å². The highest BCUT2D eigenvalue weighted by Gasteiger charge is 2.48. The minimum atomic E-state index is -4.65. The molecule has 119 heavy (non-hydrogen) atoms. The largest absolute Gasteiger partial charge is 0.748 e. The smallest absolute Gasteiger partial charge is 0.326 e. The van der Waals surface area contributed by atoms with E-state index in [2.05, 4.69) is 21.3 Å². The number of hydrogen-bond acceptors (Lipinski definition) is 23. The highest BCUT2D eigenvalue weighted by Crippen LogP contribution is 2.49.